The molecule has 2 heterocycles. The van der Waals surface area contributed by atoms with E-state index in [4.69, 9.17) is 11.5 Å². The number of rotatable bonds is 7. The van der Waals surface area contributed by atoms with E-state index in [1.165, 1.54) is 4.90 Å². The minimum absolute atomic E-state index is 0.214. The number of amides is 2. The third-order valence-corrected chi connectivity index (χ3v) is 4.33. The predicted molar refractivity (Wildman–Crippen MR) is 87.5 cm³/mol. The second kappa shape index (κ2) is 7.59. The molecule has 4 N–H and O–H groups in total. The summed E-state index contributed by atoms with van der Waals surface area (Å²) in [5, 5.41) is 0. The van der Waals surface area contributed by atoms with Crippen LogP contribution in [-0.4, -0.2) is 44.9 Å². The van der Waals surface area contributed by atoms with Crippen molar-refractivity contribution in [2.45, 2.75) is 64.6 Å². The smallest absolute Gasteiger partial charge is 0.240 e. The number of carbonyl (C=O) groups excluding carboxylic acids is 2. The van der Waals surface area contributed by atoms with E-state index >= 15 is 0 Å². The van der Waals surface area contributed by atoms with E-state index in [0.717, 1.165) is 37.3 Å². The SMILES string of the molecule is CCCc1nc(C[C@H](N)C(=O)N2CCC[C@H]2C(N)=O)cn1CC. The maximum atomic E-state index is 12.5. The van der Waals surface area contributed by atoms with E-state index in [1.807, 2.05) is 6.20 Å². The summed E-state index contributed by atoms with van der Waals surface area (Å²) in [7, 11) is 0. The highest BCUT2D eigenvalue weighted by Crippen LogP contribution is 2.18. The Kier molecular flexibility index (Phi) is 5.76. The van der Waals surface area contributed by atoms with Crippen LogP contribution in [0.4, 0.5) is 0 Å². The number of imidazole rings is 1. The van der Waals surface area contributed by atoms with E-state index in [2.05, 4.69) is 23.4 Å². The van der Waals surface area contributed by atoms with Gasteiger partial charge in [0.25, 0.3) is 0 Å². The van der Waals surface area contributed by atoms with Gasteiger partial charge in [-0.3, -0.25) is 9.59 Å². The van der Waals surface area contributed by atoms with Crippen molar-refractivity contribution < 1.29 is 9.59 Å². The molecule has 23 heavy (non-hydrogen) atoms. The molecule has 0 unspecified atom stereocenters. The highest BCUT2D eigenvalue weighted by molar-refractivity contribution is 5.89. The van der Waals surface area contributed by atoms with Gasteiger partial charge in [-0.1, -0.05) is 6.92 Å². The third kappa shape index (κ3) is 3.90. The van der Waals surface area contributed by atoms with Crippen LogP contribution in [0.15, 0.2) is 6.20 Å². The molecule has 1 fully saturated rings. The molecule has 2 amide bonds. The number of nitrogens with zero attached hydrogens (tertiary/aromatic N) is 3. The van der Waals surface area contributed by atoms with Gasteiger partial charge in [-0.25, -0.2) is 4.98 Å². The number of aryl methyl sites for hydroxylation is 2. The lowest BCUT2D eigenvalue weighted by atomic mass is 10.1. The van der Waals surface area contributed by atoms with Crippen LogP contribution >= 0.6 is 0 Å². The van der Waals surface area contributed by atoms with Crippen LogP contribution < -0.4 is 11.5 Å². The van der Waals surface area contributed by atoms with Crippen LogP contribution in [0.5, 0.6) is 0 Å². The van der Waals surface area contributed by atoms with Gasteiger partial charge in [0.1, 0.15) is 11.9 Å². The first-order valence-electron chi connectivity index (χ1n) is 8.38. The topological polar surface area (TPSA) is 107 Å². The fraction of sp³-hybridized carbons (Fsp3) is 0.688. The summed E-state index contributed by atoms with van der Waals surface area (Å²) in [4.78, 5) is 30.1. The molecule has 7 heteroatoms. The number of hydrogen-bond acceptors (Lipinski definition) is 4. The Morgan fingerprint density at radius 2 is 2.17 bits per heavy atom. The molecule has 0 radical (unpaired) electrons. The van der Waals surface area contributed by atoms with Gasteiger partial charge in [-0.15, -0.1) is 0 Å². The monoisotopic (exact) mass is 321 g/mol. The van der Waals surface area contributed by atoms with Crippen molar-refractivity contribution in [1.29, 1.82) is 0 Å². The lowest BCUT2D eigenvalue weighted by molar-refractivity contribution is -0.138. The molecule has 0 aliphatic carbocycles. The molecule has 1 aromatic rings. The molecule has 1 aromatic heterocycles. The van der Waals surface area contributed by atoms with Crippen molar-refractivity contribution in [3.05, 3.63) is 17.7 Å². The molecule has 1 aliphatic rings. The van der Waals surface area contributed by atoms with Crippen molar-refractivity contribution >= 4 is 11.8 Å². The number of primary amides is 1. The standard InChI is InChI=1S/C16H27N5O2/c1-3-6-14-19-11(10-20(14)4-2)9-12(17)16(23)21-8-5-7-13(21)15(18)22/h10,12-13H,3-9,17H2,1-2H3,(H2,18,22)/t12-,13-/m0/s1. The van der Waals surface area contributed by atoms with Gasteiger partial charge in [0.15, 0.2) is 0 Å². The second-order valence-electron chi connectivity index (χ2n) is 6.09. The first kappa shape index (κ1) is 17.5. The second-order valence-corrected chi connectivity index (χ2v) is 6.09. The minimum Gasteiger partial charge on any atom is -0.368 e. The van der Waals surface area contributed by atoms with Crippen LogP contribution in [0, 0.1) is 0 Å². The molecule has 128 valence electrons. The Bertz CT molecular complexity index is 569. The van der Waals surface area contributed by atoms with Gasteiger partial charge < -0.3 is 20.9 Å². The van der Waals surface area contributed by atoms with Crippen molar-refractivity contribution in [3.8, 4) is 0 Å². The molecule has 1 aliphatic heterocycles. The molecule has 0 spiro atoms. The maximum Gasteiger partial charge on any atom is 0.240 e. The van der Waals surface area contributed by atoms with Gasteiger partial charge in [0, 0.05) is 32.1 Å². The van der Waals surface area contributed by atoms with Gasteiger partial charge in [0.05, 0.1) is 11.7 Å². The van der Waals surface area contributed by atoms with E-state index in [-0.39, 0.29) is 5.91 Å². The first-order valence-corrected chi connectivity index (χ1v) is 8.38. The van der Waals surface area contributed by atoms with Crippen molar-refractivity contribution in [3.63, 3.8) is 0 Å². The summed E-state index contributed by atoms with van der Waals surface area (Å²) in [6.07, 6.45) is 5.69. The normalized spacial score (nSPS) is 19.1. The average Bonchev–Trinajstić information content (AvgIpc) is 3.13. The molecule has 7 nitrogen and oxygen atoms in total. The summed E-state index contributed by atoms with van der Waals surface area (Å²) in [6.45, 7) is 5.57. The molecule has 0 aromatic carbocycles. The quantitative estimate of drug-likeness (QED) is 0.748. The minimum atomic E-state index is -0.690. The molecule has 0 saturated carbocycles. The van der Waals surface area contributed by atoms with E-state index in [0.29, 0.717) is 19.4 Å². The number of aromatic nitrogens is 2. The molecular formula is C16H27N5O2. The van der Waals surface area contributed by atoms with Crippen molar-refractivity contribution in [2.75, 3.05) is 6.54 Å². The molecular weight excluding hydrogens is 294 g/mol. The van der Waals surface area contributed by atoms with Crippen molar-refractivity contribution in [2.24, 2.45) is 11.5 Å². The Morgan fingerprint density at radius 1 is 1.43 bits per heavy atom. The molecule has 2 atom stereocenters. The number of hydrogen-bond donors (Lipinski definition) is 2. The highest BCUT2D eigenvalue weighted by atomic mass is 16.2. The highest BCUT2D eigenvalue weighted by Gasteiger charge is 2.35. The lowest BCUT2D eigenvalue weighted by Crippen LogP contribution is -2.50. The Hall–Kier alpha value is -1.89. The van der Waals surface area contributed by atoms with Crippen LogP contribution in [0.25, 0.3) is 0 Å². The third-order valence-electron chi connectivity index (χ3n) is 4.33. The zero-order valence-electron chi connectivity index (χ0n) is 14.0. The van der Waals surface area contributed by atoms with Crippen LogP contribution in [0.3, 0.4) is 0 Å². The Labute approximate surface area is 137 Å². The zero-order chi connectivity index (χ0) is 17.0. The van der Waals surface area contributed by atoms with Crippen LogP contribution in [0.2, 0.25) is 0 Å². The number of likely N-dealkylation sites (tertiary alicyclic amines) is 1. The summed E-state index contributed by atoms with van der Waals surface area (Å²) < 4.78 is 2.10. The van der Waals surface area contributed by atoms with Crippen LogP contribution in [-0.2, 0) is 29.0 Å². The van der Waals surface area contributed by atoms with Crippen LogP contribution in [0.1, 0.15) is 44.6 Å². The average molecular weight is 321 g/mol. The Balaban J connectivity index is 2.05. The lowest BCUT2D eigenvalue weighted by Gasteiger charge is -2.25. The molecule has 0 bridgehead atoms. The maximum absolute atomic E-state index is 12.5. The predicted octanol–water partition coefficient (Wildman–Crippen LogP) is 0.202. The first-order chi connectivity index (χ1) is 11.0. The molecule has 1 saturated heterocycles. The molecule has 2 rings (SSSR count). The summed E-state index contributed by atoms with van der Waals surface area (Å²) >= 11 is 0. The summed E-state index contributed by atoms with van der Waals surface area (Å²) in [5.41, 5.74) is 12.3. The zero-order valence-corrected chi connectivity index (χ0v) is 14.0. The van der Waals surface area contributed by atoms with Gasteiger partial charge >= 0.3 is 0 Å². The largest absolute Gasteiger partial charge is 0.368 e. The van der Waals surface area contributed by atoms with E-state index in [9.17, 15) is 9.59 Å². The van der Waals surface area contributed by atoms with E-state index in [1.54, 1.807) is 0 Å². The van der Waals surface area contributed by atoms with Gasteiger partial charge in [0.2, 0.25) is 11.8 Å². The summed E-state index contributed by atoms with van der Waals surface area (Å²) in [6, 6.07) is -1.21. The van der Waals surface area contributed by atoms with Gasteiger partial charge in [-0.2, -0.15) is 0 Å². The fourth-order valence-corrected chi connectivity index (χ4v) is 3.16. The number of nitrogens with two attached hydrogens (primary N) is 2. The fourth-order valence-electron chi connectivity index (χ4n) is 3.16. The van der Waals surface area contributed by atoms with Gasteiger partial charge in [-0.05, 0) is 26.2 Å². The Morgan fingerprint density at radius 3 is 2.78 bits per heavy atom. The summed E-state index contributed by atoms with van der Waals surface area (Å²) in [5.74, 6) is 0.360. The van der Waals surface area contributed by atoms with E-state index < -0.39 is 18.0 Å². The van der Waals surface area contributed by atoms with Crippen molar-refractivity contribution in [1.82, 2.24) is 14.5 Å². The number of carbonyl (C=O) groups is 2.